The van der Waals surface area contributed by atoms with Crippen LogP contribution in [0.3, 0.4) is 0 Å². The van der Waals surface area contributed by atoms with Gasteiger partial charge in [0.2, 0.25) is 0 Å². The molecule has 0 unspecified atom stereocenters. The summed E-state index contributed by atoms with van der Waals surface area (Å²) in [4.78, 5) is 12.3. The van der Waals surface area contributed by atoms with Crippen molar-refractivity contribution in [3.63, 3.8) is 0 Å². The zero-order valence-corrected chi connectivity index (χ0v) is 14.5. The molecule has 0 aliphatic carbocycles. The molecule has 0 saturated heterocycles. The third kappa shape index (κ3) is 3.60. The van der Waals surface area contributed by atoms with E-state index in [1.807, 2.05) is 61.5 Å². The lowest BCUT2D eigenvalue weighted by Gasteiger charge is -2.00. The van der Waals surface area contributed by atoms with E-state index in [1.54, 1.807) is 6.21 Å². The second-order valence-electron chi connectivity index (χ2n) is 5.19. The van der Waals surface area contributed by atoms with Crippen LogP contribution >= 0.6 is 15.9 Å². The lowest BCUT2D eigenvalue weighted by molar-refractivity contribution is 0.0949. The Hall–Kier alpha value is -2.73. The van der Waals surface area contributed by atoms with Gasteiger partial charge in [0.1, 0.15) is 5.69 Å². The lowest BCUT2D eigenvalue weighted by atomic mass is 10.1. The van der Waals surface area contributed by atoms with Crippen molar-refractivity contribution in [3.8, 4) is 11.3 Å². The quantitative estimate of drug-likeness (QED) is 0.530. The standard InChI is InChI=1S/C18H15BrN4O/c1-12-16(14-7-3-2-4-8-14)21-22-17(12)18(24)23-20-11-13-6-5-9-15(19)10-13/h2-11H,1H3,(H,21,22)(H,23,24). The number of rotatable bonds is 4. The second kappa shape index (κ2) is 7.23. The Bertz CT molecular complexity index is 887. The maximum Gasteiger partial charge on any atom is 0.289 e. The largest absolute Gasteiger partial charge is 0.289 e. The van der Waals surface area contributed by atoms with E-state index in [-0.39, 0.29) is 5.91 Å². The molecule has 5 nitrogen and oxygen atoms in total. The molecule has 0 bridgehead atoms. The van der Waals surface area contributed by atoms with E-state index in [4.69, 9.17) is 0 Å². The number of benzene rings is 2. The fourth-order valence-electron chi connectivity index (χ4n) is 2.30. The molecule has 1 aromatic heterocycles. The van der Waals surface area contributed by atoms with Crippen LogP contribution in [0.1, 0.15) is 21.6 Å². The fraction of sp³-hybridized carbons (Fsp3) is 0.0556. The van der Waals surface area contributed by atoms with Crippen LogP contribution in [0.5, 0.6) is 0 Å². The molecule has 0 atom stereocenters. The van der Waals surface area contributed by atoms with Crippen LogP contribution in [0.2, 0.25) is 0 Å². The van der Waals surface area contributed by atoms with Crippen molar-refractivity contribution in [1.29, 1.82) is 0 Å². The topological polar surface area (TPSA) is 70.1 Å². The van der Waals surface area contributed by atoms with E-state index in [9.17, 15) is 4.79 Å². The van der Waals surface area contributed by atoms with Gasteiger partial charge in [-0.15, -0.1) is 0 Å². The minimum atomic E-state index is -0.326. The van der Waals surface area contributed by atoms with E-state index < -0.39 is 0 Å². The number of nitrogens with zero attached hydrogens (tertiary/aromatic N) is 2. The molecule has 1 amide bonds. The first-order valence-electron chi connectivity index (χ1n) is 7.34. The predicted octanol–water partition coefficient (Wildman–Crippen LogP) is 3.91. The Morgan fingerprint density at radius 1 is 1.21 bits per heavy atom. The van der Waals surface area contributed by atoms with Gasteiger partial charge in [0.15, 0.2) is 0 Å². The number of hydrazone groups is 1. The average molecular weight is 383 g/mol. The third-order valence-corrected chi connectivity index (χ3v) is 4.01. The van der Waals surface area contributed by atoms with Crippen LogP contribution < -0.4 is 5.43 Å². The molecule has 0 saturated carbocycles. The maximum atomic E-state index is 12.3. The number of nitrogens with one attached hydrogen (secondary N) is 2. The molecule has 0 radical (unpaired) electrons. The highest BCUT2D eigenvalue weighted by Gasteiger charge is 2.16. The van der Waals surface area contributed by atoms with Gasteiger partial charge in [0, 0.05) is 15.6 Å². The van der Waals surface area contributed by atoms with Gasteiger partial charge in [-0.25, -0.2) is 5.43 Å². The Kier molecular flexibility index (Phi) is 4.86. The van der Waals surface area contributed by atoms with Crippen LogP contribution in [-0.4, -0.2) is 22.3 Å². The molecular formula is C18H15BrN4O. The number of carbonyl (C=O) groups excluding carboxylic acids is 1. The molecule has 0 spiro atoms. The van der Waals surface area contributed by atoms with E-state index in [0.29, 0.717) is 5.69 Å². The van der Waals surface area contributed by atoms with Crippen molar-refractivity contribution in [1.82, 2.24) is 15.6 Å². The van der Waals surface area contributed by atoms with Crippen molar-refractivity contribution in [2.45, 2.75) is 6.92 Å². The fourth-order valence-corrected chi connectivity index (χ4v) is 2.72. The lowest BCUT2D eigenvalue weighted by Crippen LogP contribution is -2.19. The Morgan fingerprint density at radius 2 is 2.00 bits per heavy atom. The van der Waals surface area contributed by atoms with Gasteiger partial charge < -0.3 is 0 Å². The summed E-state index contributed by atoms with van der Waals surface area (Å²) in [6.45, 7) is 1.86. The summed E-state index contributed by atoms with van der Waals surface area (Å²) >= 11 is 3.39. The number of halogens is 1. The summed E-state index contributed by atoms with van der Waals surface area (Å²) in [7, 11) is 0. The van der Waals surface area contributed by atoms with Crippen LogP contribution in [-0.2, 0) is 0 Å². The molecule has 6 heteroatoms. The third-order valence-electron chi connectivity index (χ3n) is 3.51. The summed E-state index contributed by atoms with van der Waals surface area (Å²) < 4.78 is 0.953. The Labute approximate surface area is 147 Å². The molecule has 2 aromatic carbocycles. The summed E-state index contributed by atoms with van der Waals surface area (Å²) in [5.74, 6) is -0.326. The Balaban J connectivity index is 1.73. The van der Waals surface area contributed by atoms with Gasteiger partial charge in [-0.05, 0) is 24.6 Å². The number of amides is 1. The second-order valence-corrected chi connectivity index (χ2v) is 6.11. The van der Waals surface area contributed by atoms with Crippen LogP contribution in [0.15, 0.2) is 64.2 Å². The minimum Gasteiger partial charge on any atom is -0.272 e. The Morgan fingerprint density at radius 3 is 2.75 bits per heavy atom. The molecule has 1 heterocycles. The number of aromatic amines is 1. The van der Waals surface area contributed by atoms with Crippen molar-refractivity contribution < 1.29 is 4.79 Å². The first-order chi connectivity index (χ1) is 11.6. The van der Waals surface area contributed by atoms with E-state index >= 15 is 0 Å². The molecule has 24 heavy (non-hydrogen) atoms. The first kappa shape index (κ1) is 16.1. The molecule has 120 valence electrons. The average Bonchev–Trinajstić information content (AvgIpc) is 2.97. The van der Waals surface area contributed by atoms with E-state index in [1.165, 1.54) is 0 Å². The molecule has 0 aliphatic rings. The summed E-state index contributed by atoms with van der Waals surface area (Å²) in [5.41, 5.74) is 6.31. The molecule has 3 rings (SSSR count). The number of hydrogen-bond acceptors (Lipinski definition) is 3. The molecular weight excluding hydrogens is 368 g/mol. The summed E-state index contributed by atoms with van der Waals surface area (Å²) in [5, 5.41) is 11.0. The molecule has 2 N–H and O–H groups in total. The maximum absolute atomic E-state index is 12.3. The number of carbonyl (C=O) groups is 1. The summed E-state index contributed by atoms with van der Waals surface area (Å²) in [6, 6.07) is 17.4. The molecule has 0 fully saturated rings. The SMILES string of the molecule is Cc1c(-c2ccccc2)n[nH]c1C(=O)NN=Cc1cccc(Br)c1. The van der Waals surface area contributed by atoms with Crippen LogP contribution in [0.25, 0.3) is 11.3 Å². The molecule has 3 aromatic rings. The van der Waals surface area contributed by atoms with Crippen molar-refractivity contribution in [2.75, 3.05) is 0 Å². The van der Waals surface area contributed by atoms with Gasteiger partial charge in [0.05, 0.1) is 11.9 Å². The zero-order valence-electron chi connectivity index (χ0n) is 13.0. The highest BCUT2D eigenvalue weighted by molar-refractivity contribution is 9.10. The van der Waals surface area contributed by atoms with Gasteiger partial charge in [-0.1, -0.05) is 58.4 Å². The molecule has 0 aliphatic heterocycles. The van der Waals surface area contributed by atoms with E-state index in [2.05, 4.69) is 36.7 Å². The number of aromatic nitrogens is 2. The smallest absolute Gasteiger partial charge is 0.272 e. The van der Waals surface area contributed by atoms with Crippen molar-refractivity contribution in [3.05, 3.63) is 75.9 Å². The number of hydrogen-bond donors (Lipinski definition) is 2. The minimum absolute atomic E-state index is 0.326. The summed E-state index contributed by atoms with van der Waals surface area (Å²) in [6.07, 6.45) is 1.59. The highest BCUT2D eigenvalue weighted by atomic mass is 79.9. The van der Waals surface area contributed by atoms with Crippen molar-refractivity contribution >= 4 is 28.1 Å². The van der Waals surface area contributed by atoms with E-state index in [0.717, 1.165) is 26.9 Å². The first-order valence-corrected chi connectivity index (χ1v) is 8.14. The van der Waals surface area contributed by atoms with Gasteiger partial charge in [0.25, 0.3) is 5.91 Å². The number of H-pyrrole nitrogens is 1. The normalized spacial score (nSPS) is 10.9. The van der Waals surface area contributed by atoms with Gasteiger partial charge in [-0.2, -0.15) is 10.2 Å². The van der Waals surface area contributed by atoms with Crippen molar-refractivity contribution in [2.24, 2.45) is 5.10 Å². The highest BCUT2D eigenvalue weighted by Crippen LogP contribution is 2.22. The van der Waals surface area contributed by atoms with Gasteiger partial charge in [-0.3, -0.25) is 9.89 Å². The van der Waals surface area contributed by atoms with Gasteiger partial charge >= 0.3 is 0 Å². The van der Waals surface area contributed by atoms with Crippen LogP contribution in [0.4, 0.5) is 0 Å². The monoisotopic (exact) mass is 382 g/mol. The zero-order chi connectivity index (χ0) is 16.9. The predicted molar refractivity (Wildman–Crippen MR) is 98.0 cm³/mol. The van der Waals surface area contributed by atoms with Crippen LogP contribution in [0, 0.1) is 6.92 Å².